The van der Waals surface area contributed by atoms with Gasteiger partial charge in [-0.1, -0.05) is 18.2 Å². The largest absolute Gasteiger partial charge is 0.416 e. The highest BCUT2D eigenvalue weighted by atomic mass is 35.5. The van der Waals surface area contributed by atoms with Gasteiger partial charge in [-0.25, -0.2) is 0 Å². The Balaban J connectivity index is 1.96. The minimum Gasteiger partial charge on any atom is -0.329 e. The number of amides is 1. The average molecular weight is 306 g/mol. The van der Waals surface area contributed by atoms with Crippen LogP contribution in [0.25, 0.3) is 0 Å². The highest BCUT2D eigenvalue weighted by Gasteiger charge is 2.30. The predicted molar refractivity (Wildman–Crippen MR) is 70.7 cm³/mol. The van der Waals surface area contributed by atoms with Crippen LogP contribution in [0.5, 0.6) is 0 Å². The van der Waals surface area contributed by atoms with Crippen molar-refractivity contribution >= 4 is 17.0 Å². The second-order valence-corrected chi connectivity index (χ2v) is 5.41. The maximum Gasteiger partial charge on any atom is 0.416 e. The summed E-state index contributed by atoms with van der Waals surface area (Å²) in [4.78, 5) is 12.5. The first-order valence-electron chi connectivity index (χ1n) is 6.47. The van der Waals surface area contributed by atoms with Gasteiger partial charge in [-0.05, 0) is 48.4 Å². The van der Waals surface area contributed by atoms with E-state index in [0.29, 0.717) is 31.0 Å². The van der Waals surface area contributed by atoms with Crippen molar-refractivity contribution < 1.29 is 18.0 Å². The highest BCUT2D eigenvalue weighted by molar-refractivity contribution is 6.62. The molecule has 2 rings (SSSR count). The molecule has 1 saturated heterocycles. The highest BCUT2D eigenvalue weighted by Crippen LogP contribution is 2.31. The Hall–Kier alpha value is -1.23. The van der Waals surface area contributed by atoms with Crippen LogP contribution >= 0.6 is 11.6 Å². The monoisotopic (exact) mass is 305 g/mol. The molecule has 2 nitrogen and oxygen atoms in total. The van der Waals surface area contributed by atoms with Crippen molar-refractivity contribution in [2.45, 2.75) is 25.4 Å². The van der Waals surface area contributed by atoms with Crippen molar-refractivity contribution in [1.29, 1.82) is 0 Å². The fraction of sp³-hybridized carbons (Fsp3) is 0.500. The number of carbonyl (C=O) groups is 1. The first-order chi connectivity index (χ1) is 9.36. The molecular formula is C14H15ClF3NO. The maximum absolute atomic E-state index is 12.6. The van der Waals surface area contributed by atoms with Gasteiger partial charge in [0.05, 0.1) is 5.56 Å². The zero-order valence-corrected chi connectivity index (χ0v) is 11.5. The molecule has 0 spiro atoms. The van der Waals surface area contributed by atoms with E-state index in [-0.39, 0.29) is 0 Å². The smallest absolute Gasteiger partial charge is 0.329 e. The lowest BCUT2D eigenvalue weighted by molar-refractivity contribution is -0.137. The van der Waals surface area contributed by atoms with E-state index in [9.17, 15) is 18.0 Å². The zero-order chi connectivity index (χ0) is 14.8. The third kappa shape index (κ3) is 3.88. The summed E-state index contributed by atoms with van der Waals surface area (Å²) in [7, 11) is 0. The second kappa shape index (κ2) is 6.04. The molecule has 0 N–H and O–H groups in total. The molecule has 110 valence electrons. The summed E-state index contributed by atoms with van der Waals surface area (Å²) in [6.07, 6.45) is -2.15. The van der Waals surface area contributed by atoms with Crippen LogP contribution in [0.2, 0.25) is 0 Å². The SMILES string of the molecule is O=C(Cl)N1CCC(Cc2cccc(C(F)(F)F)c2)CC1. The van der Waals surface area contributed by atoms with Gasteiger partial charge in [0.1, 0.15) is 0 Å². The van der Waals surface area contributed by atoms with E-state index in [0.717, 1.165) is 18.9 Å². The van der Waals surface area contributed by atoms with E-state index in [1.165, 1.54) is 12.1 Å². The molecule has 1 aliphatic heterocycles. The molecule has 1 aromatic carbocycles. The first-order valence-corrected chi connectivity index (χ1v) is 6.84. The van der Waals surface area contributed by atoms with Crippen LogP contribution in [-0.4, -0.2) is 23.4 Å². The number of rotatable bonds is 2. The van der Waals surface area contributed by atoms with E-state index in [4.69, 9.17) is 11.6 Å². The minimum absolute atomic E-state index is 0.297. The normalized spacial score (nSPS) is 17.3. The Morgan fingerprint density at radius 3 is 2.50 bits per heavy atom. The van der Waals surface area contributed by atoms with E-state index >= 15 is 0 Å². The van der Waals surface area contributed by atoms with Crippen molar-refractivity contribution in [2.24, 2.45) is 5.92 Å². The van der Waals surface area contributed by atoms with Gasteiger partial charge in [-0.15, -0.1) is 0 Å². The number of halogens is 4. The summed E-state index contributed by atoms with van der Waals surface area (Å²) in [6.45, 7) is 1.15. The molecule has 1 aliphatic rings. The predicted octanol–water partition coefficient (Wildman–Crippen LogP) is 4.32. The molecule has 0 saturated carbocycles. The Labute approximate surface area is 120 Å². The second-order valence-electron chi connectivity index (χ2n) is 5.09. The molecule has 1 aromatic rings. The summed E-state index contributed by atoms with van der Waals surface area (Å²) in [6, 6.07) is 5.45. The number of hydrogen-bond acceptors (Lipinski definition) is 1. The van der Waals surface area contributed by atoms with Crippen molar-refractivity contribution in [3.05, 3.63) is 35.4 Å². The van der Waals surface area contributed by atoms with Crippen molar-refractivity contribution in [3.8, 4) is 0 Å². The third-order valence-corrected chi connectivity index (χ3v) is 3.88. The number of benzene rings is 1. The van der Waals surface area contributed by atoms with Crippen molar-refractivity contribution in [2.75, 3.05) is 13.1 Å². The number of carbonyl (C=O) groups excluding carboxylic acids is 1. The Kier molecular flexibility index (Phi) is 4.58. The van der Waals surface area contributed by atoms with Gasteiger partial charge in [-0.3, -0.25) is 4.79 Å². The number of piperidine rings is 1. The Morgan fingerprint density at radius 2 is 1.95 bits per heavy atom. The van der Waals surface area contributed by atoms with Gasteiger partial charge in [0.25, 0.3) is 0 Å². The lowest BCUT2D eigenvalue weighted by atomic mass is 9.90. The molecule has 1 heterocycles. The van der Waals surface area contributed by atoms with Crippen LogP contribution in [0.4, 0.5) is 18.0 Å². The van der Waals surface area contributed by atoms with Crippen LogP contribution < -0.4 is 0 Å². The van der Waals surface area contributed by atoms with Gasteiger partial charge in [0.2, 0.25) is 0 Å². The van der Waals surface area contributed by atoms with Crippen molar-refractivity contribution in [1.82, 2.24) is 4.90 Å². The molecule has 0 unspecified atom stereocenters. The molecular weight excluding hydrogens is 291 g/mol. The average Bonchev–Trinajstić information content (AvgIpc) is 2.38. The van der Waals surface area contributed by atoms with E-state index in [1.54, 1.807) is 11.0 Å². The summed E-state index contributed by atoms with van der Waals surface area (Å²) < 4.78 is 37.9. The maximum atomic E-state index is 12.6. The number of alkyl halides is 3. The van der Waals surface area contributed by atoms with E-state index in [1.807, 2.05) is 0 Å². The molecule has 0 aromatic heterocycles. The number of nitrogens with zero attached hydrogens (tertiary/aromatic N) is 1. The van der Waals surface area contributed by atoms with Crippen LogP contribution in [0, 0.1) is 5.92 Å². The molecule has 0 radical (unpaired) electrons. The van der Waals surface area contributed by atoms with Crippen LogP contribution in [0.15, 0.2) is 24.3 Å². The first kappa shape index (κ1) is 15.2. The molecule has 0 atom stereocenters. The van der Waals surface area contributed by atoms with Gasteiger partial charge < -0.3 is 4.90 Å². The number of hydrogen-bond donors (Lipinski definition) is 0. The molecule has 1 fully saturated rings. The summed E-state index contributed by atoms with van der Waals surface area (Å²) >= 11 is 5.40. The Morgan fingerprint density at radius 1 is 1.30 bits per heavy atom. The lowest BCUT2D eigenvalue weighted by Crippen LogP contribution is -2.35. The summed E-state index contributed by atoms with van der Waals surface area (Å²) in [5, 5.41) is -0.456. The fourth-order valence-electron chi connectivity index (χ4n) is 2.52. The lowest BCUT2D eigenvalue weighted by Gasteiger charge is -2.30. The van der Waals surface area contributed by atoms with Gasteiger partial charge >= 0.3 is 11.5 Å². The van der Waals surface area contributed by atoms with Crippen LogP contribution in [0.1, 0.15) is 24.0 Å². The van der Waals surface area contributed by atoms with E-state index < -0.39 is 17.1 Å². The fourth-order valence-corrected chi connectivity index (χ4v) is 2.69. The molecule has 0 bridgehead atoms. The van der Waals surface area contributed by atoms with Gasteiger partial charge in [0.15, 0.2) is 0 Å². The Bertz CT molecular complexity index is 482. The van der Waals surface area contributed by atoms with Crippen LogP contribution in [0.3, 0.4) is 0 Å². The standard InChI is InChI=1S/C14H15ClF3NO/c15-13(20)19-6-4-10(5-7-19)8-11-2-1-3-12(9-11)14(16,17)18/h1-3,9-10H,4-8H2. The van der Waals surface area contributed by atoms with Crippen LogP contribution in [-0.2, 0) is 12.6 Å². The minimum atomic E-state index is -4.30. The third-order valence-electron chi connectivity index (χ3n) is 3.64. The van der Waals surface area contributed by atoms with Gasteiger partial charge in [-0.2, -0.15) is 13.2 Å². The summed E-state index contributed by atoms with van der Waals surface area (Å²) in [5.41, 5.74) is 0.0823. The molecule has 0 aliphatic carbocycles. The van der Waals surface area contributed by atoms with Gasteiger partial charge in [0, 0.05) is 13.1 Å². The zero-order valence-electron chi connectivity index (χ0n) is 10.8. The number of likely N-dealkylation sites (tertiary alicyclic amines) is 1. The topological polar surface area (TPSA) is 20.3 Å². The quantitative estimate of drug-likeness (QED) is 0.588. The molecule has 20 heavy (non-hydrogen) atoms. The van der Waals surface area contributed by atoms with Crippen molar-refractivity contribution in [3.63, 3.8) is 0 Å². The molecule has 1 amide bonds. The molecule has 6 heteroatoms. The van der Waals surface area contributed by atoms with E-state index in [2.05, 4.69) is 0 Å². The summed E-state index contributed by atoms with van der Waals surface area (Å²) in [5.74, 6) is 0.297.